The van der Waals surface area contributed by atoms with Crippen LogP contribution in [0.25, 0.3) is 0 Å². The van der Waals surface area contributed by atoms with Gasteiger partial charge in [-0.2, -0.15) is 0 Å². The SMILES string of the molecule is CO[C](OC)C(OC)c1ccccc1. The van der Waals surface area contributed by atoms with E-state index in [4.69, 9.17) is 14.2 Å². The standard InChI is InChI=1S/C11H15O3/c1-12-10(11(13-2)14-3)9-7-5-4-6-8-9/h4-8,10H,1-3H3. The first-order chi connectivity index (χ1) is 6.83. The van der Waals surface area contributed by atoms with E-state index >= 15 is 0 Å². The summed E-state index contributed by atoms with van der Waals surface area (Å²) in [4.78, 5) is 0. The van der Waals surface area contributed by atoms with Crippen LogP contribution < -0.4 is 0 Å². The summed E-state index contributed by atoms with van der Waals surface area (Å²) in [5.41, 5.74) is 1.01. The maximum Gasteiger partial charge on any atom is 0.257 e. The Labute approximate surface area is 84.6 Å². The quantitative estimate of drug-likeness (QED) is 0.720. The van der Waals surface area contributed by atoms with Gasteiger partial charge in [0.05, 0.1) is 0 Å². The first-order valence-electron chi connectivity index (χ1n) is 4.36. The van der Waals surface area contributed by atoms with Crippen LogP contribution in [-0.2, 0) is 14.2 Å². The number of ether oxygens (including phenoxy) is 3. The Bertz CT molecular complexity index is 244. The van der Waals surface area contributed by atoms with E-state index in [1.807, 2.05) is 30.3 Å². The van der Waals surface area contributed by atoms with Gasteiger partial charge in [-0.25, -0.2) is 0 Å². The van der Waals surface area contributed by atoms with Crippen LogP contribution >= 0.6 is 0 Å². The highest BCUT2D eigenvalue weighted by atomic mass is 16.7. The molecule has 0 aliphatic heterocycles. The number of hydrogen-bond acceptors (Lipinski definition) is 3. The number of rotatable bonds is 5. The van der Waals surface area contributed by atoms with Gasteiger partial charge in [0.2, 0.25) is 0 Å². The van der Waals surface area contributed by atoms with Gasteiger partial charge >= 0.3 is 0 Å². The zero-order valence-corrected chi connectivity index (χ0v) is 8.69. The Hall–Kier alpha value is -0.900. The van der Waals surface area contributed by atoms with Gasteiger partial charge in [-0.1, -0.05) is 30.3 Å². The normalized spacial score (nSPS) is 13.1. The summed E-state index contributed by atoms with van der Waals surface area (Å²) in [7, 11) is 4.75. The van der Waals surface area contributed by atoms with Crippen molar-refractivity contribution < 1.29 is 14.2 Å². The molecule has 0 spiro atoms. The lowest BCUT2D eigenvalue weighted by molar-refractivity contribution is -0.0846. The average molecular weight is 195 g/mol. The van der Waals surface area contributed by atoms with Crippen molar-refractivity contribution in [2.75, 3.05) is 21.3 Å². The Morgan fingerprint density at radius 2 is 1.57 bits per heavy atom. The van der Waals surface area contributed by atoms with Crippen molar-refractivity contribution in [1.29, 1.82) is 0 Å². The molecule has 0 aromatic heterocycles. The number of methoxy groups -OCH3 is 3. The molecule has 0 N–H and O–H groups in total. The molecule has 1 radical (unpaired) electrons. The molecule has 0 aliphatic rings. The van der Waals surface area contributed by atoms with E-state index in [0.717, 1.165) is 5.56 Å². The molecule has 1 aromatic rings. The van der Waals surface area contributed by atoms with Gasteiger partial charge < -0.3 is 14.2 Å². The predicted octanol–water partition coefficient (Wildman–Crippen LogP) is 2.16. The monoisotopic (exact) mass is 195 g/mol. The maximum atomic E-state index is 5.29. The highest BCUT2D eigenvalue weighted by molar-refractivity contribution is 5.20. The molecule has 1 atom stereocenters. The molecule has 0 amide bonds. The van der Waals surface area contributed by atoms with Crippen LogP contribution in [0.5, 0.6) is 0 Å². The molecule has 0 saturated carbocycles. The third-order valence-corrected chi connectivity index (χ3v) is 1.95. The van der Waals surface area contributed by atoms with Crippen LogP contribution in [0.1, 0.15) is 11.7 Å². The minimum absolute atomic E-state index is 0.272. The van der Waals surface area contributed by atoms with Crippen LogP contribution in [0.15, 0.2) is 30.3 Å². The van der Waals surface area contributed by atoms with Crippen molar-refractivity contribution in [2.45, 2.75) is 6.10 Å². The molecule has 14 heavy (non-hydrogen) atoms. The van der Waals surface area contributed by atoms with E-state index in [1.165, 1.54) is 0 Å². The minimum atomic E-state index is -0.272. The lowest BCUT2D eigenvalue weighted by Crippen LogP contribution is -2.16. The van der Waals surface area contributed by atoms with Gasteiger partial charge in [0.25, 0.3) is 6.29 Å². The molecule has 3 heteroatoms. The van der Waals surface area contributed by atoms with E-state index in [9.17, 15) is 0 Å². The van der Waals surface area contributed by atoms with Gasteiger partial charge in [0.1, 0.15) is 6.10 Å². The van der Waals surface area contributed by atoms with Crippen LogP contribution in [0, 0.1) is 6.29 Å². The maximum absolute atomic E-state index is 5.29. The molecule has 1 aromatic carbocycles. The average Bonchev–Trinajstić information content (AvgIpc) is 2.27. The van der Waals surface area contributed by atoms with Gasteiger partial charge in [-0.05, 0) is 5.56 Å². The topological polar surface area (TPSA) is 27.7 Å². The summed E-state index contributed by atoms with van der Waals surface area (Å²) in [6, 6.07) is 9.78. The second-order valence-corrected chi connectivity index (χ2v) is 2.75. The van der Waals surface area contributed by atoms with E-state index in [2.05, 4.69) is 0 Å². The molecule has 77 valence electrons. The zero-order chi connectivity index (χ0) is 10.4. The first-order valence-corrected chi connectivity index (χ1v) is 4.36. The predicted molar refractivity (Wildman–Crippen MR) is 53.5 cm³/mol. The molecule has 1 unspecified atom stereocenters. The summed E-state index contributed by atoms with van der Waals surface area (Å²) in [6.45, 7) is 0. The molecule has 0 aliphatic carbocycles. The Morgan fingerprint density at radius 3 is 2.00 bits per heavy atom. The van der Waals surface area contributed by atoms with Gasteiger partial charge in [-0.15, -0.1) is 0 Å². The summed E-state index contributed by atoms with van der Waals surface area (Å²) >= 11 is 0. The fraction of sp³-hybridized carbons (Fsp3) is 0.364. The first kappa shape index (κ1) is 11.2. The lowest BCUT2D eigenvalue weighted by atomic mass is 10.1. The summed E-state index contributed by atoms with van der Waals surface area (Å²) in [5.74, 6) is 0. The smallest absolute Gasteiger partial charge is 0.257 e. The Morgan fingerprint density at radius 1 is 1.00 bits per heavy atom. The molecule has 3 nitrogen and oxygen atoms in total. The van der Waals surface area contributed by atoms with Crippen molar-refractivity contribution in [3.8, 4) is 0 Å². The highest BCUT2D eigenvalue weighted by Crippen LogP contribution is 2.27. The largest absolute Gasteiger partial charge is 0.371 e. The van der Waals surface area contributed by atoms with E-state index in [1.54, 1.807) is 21.3 Å². The van der Waals surface area contributed by atoms with Gasteiger partial charge in [0, 0.05) is 21.3 Å². The molecule has 0 heterocycles. The van der Waals surface area contributed by atoms with Crippen molar-refractivity contribution >= 4 is 0 Å². The van der Waals surface area contributed by atoms with Gasteiger partial charge in [-0.3, -0.25) is 0 Å². The Kier molecular flexibility index (Phi) is 4.59. The van der Waals surface area contributed by atoms with Crippen molar-refractivity contribution in [2.24, 2.45) is 0 Å². The van der Waals surface area contributed by atoms with Crippen LogP contribution in [0.4, 0.5) is 0 Å². The third kappa shape index (κ3) is 2.54. The fourth-order valence-electron chi connectivity index (χ4n) is 1.29. The van der Waals surface area contributed by atoms with Crippen LogP contribution in [-0.4, -0.2) is 21.3 Å². The molecular weight excluding hydrogens is 180 g/mol. The fourth-order valence-corrected chi connectivity index (χ4v) is 1.29. The Balaban J connectivity index is 2.81. The van der Waals surface area contributed by atoms with E-state index in [0.29, 0.717) is 6.29 Å². The third-order valence-electron chi connectivity index (χ3n) is 1.95. The summed E-state index contributed by atoms with van der Waals surface area (Å²) < 4.78 is 15.4. The van der Waals surface area contributed by atoms with Crippen molar-refractivity contribution in [3.05, 3.63) is 42.2 Å². The second kappa shape index (κ2) is 5.75. The van der Waals surface area contributed by atoms with Crippen molar-refractivity contribution in [1.82, 2.24) is 0 Å². The molecule has 0 bridgehead atoms. The lowest BCUT2D eigenvalue weighted by Gasteiger charge is -2.21. The van der Waals surface area contributed by atoms with Crippen LogP contribution in [0.3, 0.4) is 0 Å². The minimum Gasteiger partial charge on any atom is -0.371 e. The van der Waals surface area contributed by atoms with Crippen molar-refractivity contribution in [3.63, 3.8) is 0 Å². The van der Waals surface area contributed by atoms with E-state index in [-0.39, 0.29) is 6.10 Å². The number of benzene rings is 1. The summed E-state index contributed by atoms with van der Waals surface area (Å²) in [5, 5.41) is 0. The summed E-state index contributed by atoms with van der Waals surface area (Å²) in [6.07, 6.45) is 0.185. The second-order valence-electron chi connectivity index (χ2n) is 2.75. The molecule has 1 rings (SSSR count). The molecule has 0 fully saturated rings. The number of hydrogen-bond donors (Lipinski definition) is 0. The molecular formula is C11H15O3. The van der Waals surface area contributed by atoms with E-state index < -0.39 is 0 Å². The van der Waals surface area contributed by atoms with Crippen LogP contribution in [0.2, 0.25) is 0 Å². The van der Waals surface area contributed by atoms with Gasteiger partial charge in [0.15, 0.2) is 0 Å². The highest BCUT2D eigenvalue weighted by Gasteiger charge is 2.24. The zero-order valence-electron chi connectivity index (χ0n) is 8.69. The molecule has 0 saturated heterocycles.